The number of oxazole rings is 1. The molecule has 0 radical (unpaired) electrons. The van der Waals surface area contributed by atoms with E-state index in [1.165, 1.54) is 6.42 Å². The van der Waals surface area contributed by atoms with Crippen LogP contribution in [-0.2, 0) is 12.1 Å². The van der Waals surface area contributed by atoms with E-state index in [9.17, 15) is 5.11 Å². The number of quaternary nitrogens is 1. The fourth-order valence-electron chi connectivity index (χ4n) is 3.77. The van der Waals surface area contributed by atoms with Crippen molar-refractivity contribution in [1.82, 2.24) is 4.98 Å². The third-order valence-corrected chi connectivity index (χ3v) is 4.92. The van der Waals surface area contributed by atoms with Crippen LogP contribution in [0.3, 0.4) is 0 Å². The van der Waals surface area contributed by atoms with Gasteiger partial charge >= 0.3 is 0 Å². The van der Waals surface area contributed by atoms with Crippen molar-refractivity contribution in [2.75, 3.05) is 21.1 Å². The third kappa shape index (κ3) is 4.52. The van der Waals surface area contributed by atoms with Crippen molar-refractivity contribution in [3.8, 4) is 0 Å². The highest BCUT2D eigenvalue weighted by molar-refractivity contribution is 5.30. The van der Waals surface area contributed by atoms with Gasteiger partial charge in [0, 0.05) is 5.92 Å². The van der Waals surface area contributed by atoms with E-state index < -0.39 is 5.60 Å². The zero-order chi connectivity index (χ0) is 17.2. The van der Waals surface area contributed by atoms with E-state index in [4.69, 9.17) is 4.42 Å². The van der Waals surface area contributed by atoms with Crippen LogP contribution in [0.5, 0.6) is 0 Å². The Balaban J connectivity index is 0.00000225. The molecule has 1 aromatic heterocycles. The number of halogens is 1. The molecule has 1 aliphatic rings. The zero-order valence-corrected chi connectivity index (χ0v) is 17.0. The van der Waals surface area contributed by atoms with Crippen LogP contribution in [0.2, 0.25) is 0 Å². The standard InChI is InChI=1S/C20H29N2O2.BrH/c1-22(2,3)15-18-14-21-19(24-18)20(23,16-10-6-4-7-11-16)17-12-8-5-9-13-17;/h4,6-7,10-11,14,17,23H,5,8-9,12-13,15H2,1-3H3;1H/q+1;/p-1. The Hall–Kier alpha value is -1.17. The van der Waals surface area contributed by atoms with Crippen LogP contribution in [0.1, 0.15) is 49.3 Å². The van der Waals surface area contributed by atoms with Gasteiger partial charge in [-0.2, -0.15) is 0 Å². The molecule has 1 atom stereocenters. The molecule has 1 aromatic carbocycles. The highest BCUT2D eigenvalue weighted by Crippen LogP contribution is 2.43. The lowest BCUT2D eigenvalue weighted by atomic mass is 9.73. The van der Waals surface area contributed by atoms with Crippen LogP contribution in [0.4, 0.5) is 0 Å². The molecular formula is C20H29BrN2O2. The molecule has 1 saturated carbocycles. The summed E-state index contributed by atoms with van der Waals surface area (Å²) in [5.41, 5.74) is -0.249. The number of nitrogens with zero attached hydrogens (tertiary/aromatic N) is 2. The second-order valence-electron chi connectivity index (χ2n) is 8.05. The van der Waals surface area contributed by atoms with Gasteiger partial charge < -0.3 is 31.0 Å². The fourth-order valence-corrected chi connectivity index (χ4v) is 3.77. The molecule has 1 heterocycles. The summed E-state index contributed by atoms with van der Waals surface area (Å²) in [6.45, 7) is 0.753. The number of rotatable bonds is 5. The van der Waals surface area contributed by atoms with E-state index in [0.717, 1.165) is 48.0 Å². The van der Waals surface area contributed by atoms with E-state index in [0.29, 0.717) is 5.89 Å². The van der Waals surface area contributed by atoms with Crippen LogP contribution in [0.15, 0.2) is 40.9 Å². The SMILES string of the molecule is C[N+](C)(C)Cc1cnc(C(O)(c2ccccc2)C2CCCCC2)o1.[Br-]. The molecule has 1 N–H and O–H groups in total. The Kier molecular flexibility index (Phi) is 6.46. The molecule has 0 spiro atoms. The Morgan fingerprint density at radius 3 is 2.36 bits per heavy atom. The van der Waals surface area contributed by atoms with Gasteiger partial charge in [-0.3, -0.25) is 0 Å². The summed E-state index contributed by atoms with van der Waals surface area (Å²) in [6.07, 6.45) is 7.37. The molecule has 2 aromatic rings. The molecule has 5 heteroatoms. The van der Waals surface area contributed by atoms with E-state index >= 15 is 0 Å². The number of hydrogen-bond donors (Lipinski definition) is 1. The molecule has 0 saturated heterocycles. The van der Waals surface area contributed by atoms with Crippen molar-refractivity contribution >= 4 is 0 Å². The fraction of sp³-hybridized carbons (Fsp3) is 0.550. The van der Waals surface area contributed by atoms with Gasteiger partial charge in [0.15, 0.2) is 11.4 Å². The van der Waals surface area contributed by atoms with Gasteiger partial charge in [0.1, 0.15) is 6.54 Å². The minimum Gasteiger partial charge on any atom is -1.00 e. The minimum atomic E-state index is -1.13. The van der Waals surface area contributed by atoms with E-state index in [-0.39, 0.29) is 22.9 Å². The molecule has 1 aliphatic carbocycles. The van der Waals surface area contributed by atoms with E-state index in [1.807, 2.05) is 30.3 Å². The predicted octanol–water partition coefficient (Wildman–Crippen LogP) is 0.701. The van der Waals surface area contributed by atoms with Gasteiger partial charge in [-0.05, 0) is 18.4 Å². The summed E-state index contributed by atoms with van der Waals surface area (Å²) in [7, 11) is 6.35. The van der Waals surface area contributed by atoms with Crippen molar-refractivity contribution in [2.24, 2.45) is 5.92 Å². The number of aliphatic hydroxyl groups is 1. The molecular weight excluding hydrogens is 380 g/mol. The summed E-state index contributed by atoms with van der Waals surface area (Å²) in [5.74, 6) is 1.43. The maximum absolute atomic E-state index is 11.7. The molecule has 25 heavy (non-hydrogen) atoms. The largest absolute Gasteiger partial charge is 1.00 e. The molecule has 1 fully saturated rings. The first-order valence-electron chi connectivity index (χ1n) is 8.93. The van der Waals surface area contributed by atoms with E-state index in [2.05, 4.69) is 26.1 Å². The average molecular weight is 409 g/mol. The van der Waals surface area contributed by atoms with Gasteiger partial charge in [-0.15, -0.1) is 0 Å². The van der Waals surface area contributed by atoms with Crippen molar-refractivity contribution in [1.29, 1.82) is 0 Å². The summed E-state index contributed by atoms with van der Waals surface area (Å²) < 4.78 is 6.82. The first-order chi connectivity index (χ1) is 11.4. The van der Waals surface area contributed by atoms with Crippen LogP contribution in [-0.4, -0.2) is 35.7 Å². The van der Waals surface area contributed by atoms with Crippen molar-refractivity contribution < 1.29 is 31.0 Å². The van der Waals surface area contributed by atoms with Crippen LogP contribution < -0.4 is 17.0 Å². The third-order valence-electron chi connectivity index (χ3n) is 4.92. The van der Waals surface area contributed by atoms with Gasteiger partial charge in [0.05, 0.1) is 27.3 Å². The molecule has 1 unspecified atom stereocenters. The van der Waals surface area contributed by atoms with Crippen LogP contribution >= 0.6 is 0 Å². The average Bonchev–Trinajstić information content (AvgIpc) is 3.02. The molecule has 4 nitrogen and oxygen atoms in total. The van der Waals surface area contributed by atoms with Crippen molar-refractivity contribution in [3.63, 3.8) is 0 Å². The maximum atomic E-state index is 11.7. The molecule has 138 valence electrons. The Labute approximate surface area is 161 Å². The zero-order valence-electron chi connectivity index (χ0n) is 15.4. The topological polar surface area (TPSA) is 46.3 Å². The van der Waals surface area contributed by atoms with Crippen molar-refractivity contribution in [2.45, 2.75) is 44.2 Å². The van der Waals surface area contributed by atoms with Gasteiger partial charge in [0.25, 0.3) is 0 Å². The van der Waals surface area contributed by atoms with Crippen molar-refractivity contribution in [3.05, 3.63) is 53.7 Å². The summed E-state index contributed by atoms with van der Waals surface area (Å²) in [5, 5.41) is 11.7. The number of hydrogen-bond acceptors (Lipinski definition) is 3. The number of benzene rings is 1. The lowest BCUT2D eigenvalue weighted by molar-refractivity contribution is -0.884. The lowest BCUT2D eigenvalue weighted by Gasteiger charge is -2.36. The van der Waals surface area contributed by atoms with Gasteiger partial charge in [-0.25, -0.2) is 4.98 Å². The highest BCUT2D eigenvalue weighted by Gasteiger charge is 2.44. The summed E-state index contributed by atoms with van der Waals surface area (Å²) >= 11 is 0. The van der Waals surface area contributed by atoms with E-state index in [1.54, 1.807) is 6.20 Å². The minimum absolute atomic E-state index is 0. The summed E-state index contributed by atoms with van der Waals surface area (Å²) in [6, 6.07) is 9.89. The quantitative estimate of drug-likeness (QED) is 0.740. The van der Waals surface area contributed by atoms with Crippen LogP contribution in [0.25, 0.3) is 0 Å². The summed E-state index contributed by atoms with van der Waals surface area (Å²) in [4.78, 5) is 4.50. The van der Waals surface area contributed by atoms with Crippen LogP contribution in [0, 0.1) is 5.92 Å². The highest BCUT2D eigenvalue weighted by atomic mass is 79.9. The molecule has 0 amide bonds. The Morgan fingerprint density at radius 1 is 1.12 bits per heavy atom. The molecule has 0 bridgehead atoms. The normalized spacial score (nSPS) is 18.4. The Morgan fingerprint density at radius 2 is 1.76 bits per heavy atom. The second kappa shape index (κ2) is 8.02. The smallest absolute Gasteiger partial charge is 0.231 e. The Bertz CT molecular complexity index is 660. The molecule has 3 rings (SSSR count). The first kappa shape index (κ1) is 20.1. The molecule has 0 aliphatic heterocycles. The maximum Gasteiger partial charge on any atom is 0.231 e. The monoisotopic (exact) mass is 408 g/mol. The van der Waals surface area contributed by atoms with Gasteiger partial charge in [-0.1, -0.05) is 49.6 Å². The predicted molar refractivity (Wildman–Crippen MR) is 94.3 cm³/mol. The number of aromatic nitrogens is 1. The second-order valence-corrected chi connectivity index (χ2v) is 8.05. The lowest BCUT2D eigenvalue weighted by Crippen LogP contribution is -3.00. The first-order valence-corrected chi connectivity index (χ1v) is 8.93. The van der Waals surface area contributed by atoms with Gasteiger partial charge in [0.2, 0.25) is 5.89 Å².